The SMILES string of the molecule is CCOCC1NCCOC12CCCC(CC)CC2. The molecule has 18 heavy (non-hydrogen) atoms. The maximum absolute atomic E-state index is 6.25. The lowest BCUT2D eigenvalue weighted by atomic mass is 9.84. The van der Waals surface area contributed by atoms with Gasteiger partial charge in [-0.15, -0.1) is 0 Å². The molecule has 1 heterocycles. The Bertz CT molecular complexity index is 247. The van der Waals surface area contributed by atoms with Gasteiger partial charge in [0.2, 0.25) is 0 Å². The van der Waals surface area contributed by atoms with Crippen LogP contribution in [0.5, 0.6) is 0 Å². The van der Waals surface area contributed by atoms with Crippen molar-refractivity contribution in [2.75, 3.05) is 26.4 Å². The van der Waals surface area contributed by atoms with Crippen molar-refractivity contribution in [2.24, 2.45) is 5.92 Å². The van der Waals surface area contributed by atoms with Gasteiger partial charge in [-0.3, -0.25) is 0 Å². The Hall–Kier alpha value is -0.120. The molecule has 2 fully saturated rings. The zero-order valence-corrected chi connectivity index (χ0v) is 12.0. The van der Waals surface area contributed by atoms with Crippen LogP contribution in [0.25, 0.3) is 0 Å². The number of ether oxygens (including phenoxy) is 2. The van der Waals surface area contributed by atoms with Crippen molar-refractivity contribution < 1.29 is 9.47 Å². The summed E-state index contributed by atoms with van der Waals surface area (Å²) >= 11 is 0. The minimum Gasteiger partial charge on any atom is -0.380 e. The molecule has 3 unspecified atom stereocenters. The van der Waals surface area contributed by atoms with Crippen molar-refractivity contribution in [1.82, 2.24) is 5.32 Å². The van der Waals surface area contributed by atoms with Gasteiger partial charge in [-0.2, -0.15) is 0 Å². The molecule has 0 bridgehead atoms. The van der Waals surface area contributed by atoms with Crippen molar-refractivity contribution in [1.29, 1.82) is 0 Å². The van der Waals surface area contributed by atoms with Crippen LogP contribution in [0.15, 0.2) is 0 Å². The molecule has 2 aliphatic rings. The average Bonchev–Trinajstić information content (AvgIpc) is 2.61. The van der Waals surface area contributed by atoms with Crippen LogP contribution >= 0.6 is 0 Å². The first kappa shape index (κ1) is 14.3. The van der Waals surface area contributed by atoms with Crippen LogP contribution in [0.2, 0.25) is 0 Å². The fraction of sp³-hybridized carbons (Fsp3) is 1.00. The van der Waals surface area contributed by atoms with Crippen molar-refractivity contribution in [3.8, 4) is 0 Å². The molecule has 3 heteroatoms. The molecule has 0 aromatic rings. The predicted octanol–water partition coefficient (Wildman–Crippen LogP) is 2.74. The monoisotopic (exact) mass is 255 g/mol. The Kier molecular flexibility index (Phi) is 5.46. The summed E-state index contributed by atoms with van der Waals surface area (Å²) in [6, 6.07) is 0.391. The first-order valence-electron chi connectivity index (χ1n) is 7.76. The van der Waals surface area contributed by atoms with Gasteiger partial charge in [-0.1, -0.05) is 26.2 Å². The lowest BCUT2D eigenvalue weighted by molar-refractivity contribution is -0.121. The van der Waals surface area contributed by atoms with E-state index in [1.54, 1.807) is 0 Å². The first-order valence-corrected chi connectivity index (χ1v) is 7.76. The molecular weight excluding hydrogens is 226 g/mol. The summed E-state index contributed by atoms with van der Waals surface area (Å²) in [5.74, 6) is 0.905. The summed E-state index contributed by atoms with van der Waals surface area (Å²) in [7, 11) is 0. The molecule has 1 saturated carbocycles. The highest BCUT2D eigenvalue weighted by molar-refractivity contribution is 4.97. The lowest BCUT2D eigenvalue weighted by Crippen LogP contribution is -2.59. The molecule has 1 spiro atoms. The fourth-order valence-corrected chi connectivity index (χ4v) is 3.53. The van der Waals surface area contributed by atoms with Crippen molar-refractivity contribution >= 4 is 0 Å². The predicted molar refractivity (Wildman–Crippen MR) is 73.8 cm³/mol. The van der Waals surface area contributed by atoms with Crippen LogP contribution in [-0.4, -0.2) is 38.0 Å². The van der Waals surface area contributed by atoms with E-state index in [1.807, 2.05) is 0 Å². The Morgan fingerprint density at radius 2 is 2.17 bits per heavy atom. The second-order valence-corrected chi connectivity index (χ2v) is 5.78. The minimum atomic E-state index is 0.0529. The minimum absolute atomic E-state index is 0.0529. The van der Waals surface area contributed by atoms with E-state index in [-0.39, 0.29) is 5.60 Å². The molecular formula is C15H29NO2. The summed E-state index contributed by atoms with van der Waals surface area (Å²) in [6.45, 7) is 7.81. The lowest BCUT2D eigenvalue weighted by Gasteiger charge is -2.44. The molecule has 106 valence electrons. The third kappa shape index (κ3) is 3.25. The maximum atomic E-state index is 6.25. The number of hydrogen-bond acceptors (Lipinski definition) is 3. The number of morpholine rings is 1. The van der Waals surface area contributed by atoms with Crippen molar-refractivity contribution in [3.05, 3.63) is 0 Å². The smallest absolute Gasteiger partial charge is 0.0858 e. The second-order valence-electron chi connectivity index (χ2n) is 5.78. The van der Waals surface area contributed by atoms with Gasteiger partial charge in [-0.05, 0) is 32.1 Å². The molecule has 3 atom stereocenters. The van der Waals surface area contributed by atoms with E-state index in [0.717, 1.165) is 32.3 Å². The van der Waals surface area contributed by atoms with Gasteiger partial charge < -0.3 is 14.8 Å². The molecule has 0 aromatic heterocycles. The number of rotatable bonds is 4. The molecule has 2 rings (SSSR count). The first-order chi connectivity index (χ1) is 8.80. The van der Waals surface area contributed by atoms with E-state index >= 15 is 0 Å². The summed E-state index contributed by atoms with van der Waals surface area (Å²) in [4.78, 5) is 0. The third-order valence-corrected chi connectivity index (χ3v) is 4.77. The number of hydrogen-bond donors (Lipinski definition) is 1. The molecule has 1 saturated heterocycles. The number of nitrogens with one attached hydrogen (secondary N) is 1. The van der Waals surface area contributed by atoms with Crippen LogP contribution in [0.3, 0.4) is 0 Å². The van der Waals surface area contributed by atoms with Gasteiger partial charge in [0.15, 0.2) is 0 Å². The molecule has 1 aliphatic carbocycles. The summed E-state index contributed by atoms with van der Waals surface area (Å²) in [6.07, 6.45) is 7.73. The second kappa shape index (κ2) is 6.88. The summed E-state index contributed by atoms with van der Waals surface area (Å²) in [5.41, 5.74) is 0.0529. The molecule has 1 aliphatic heterocycles. The van der Waals surface area contributed by atoms with E-state index in [0.29, 0.717) is 6.04 Å². The quantitative estimate of drug-likeness (QED) is 0.838. The Balaban J connectivity index is 2.00. The van der Waals surface area contributed by atoms with Crippen LogP contribution in [-0.2, 0) is 9.47 Å². The van der Waals surface area contributed by atoms with E-state index in [2.05, 4.69) is 19.2 Å². The zero-order valence-electron chi connectivity index (χ0n) is 12.0. The van der Waals surface area contributed by atoms with Crippen LogP contribution in [0.4, 0.5) is 0 Å². The highest BCUT2D eigenvalue weighted by atomic mass is 16.5. The van der Waals surface area contributed by atoms with Gasteiger partial charge in [0.25, 0.3) is 0 Å². The van der Waals surface area contributed by atoms with Crippen molar-refractivity contribution in [2.45, 2.75) is 64.0 Å². The van der Waals surface area contributed by atoms with Crippen LogP contribution in [0.1, 0.15) is 52.4 Å². The largest absolute Gasteiger partial charge is 0.380 e. The van der Waals surface area contributed by atoms with E-state index in [4.69, 9.17) is 9.47 Å². The van der Waals surface area contributed by atoms with Crippen molar-refractivity contribution in [3.63, 3.8) is 0 Å². The Morgan fingerprint density at radius 3 is 2.94 bits per heavy atom. The van der Waals surface area contributed by atoms with Crippen LogP contribution in [0, 0.1) is 5.92 Å². The normalized spacial score (nSPS) is 37.7. The van der Waals surface area contributed by atoms with Gasteiger partial charge in [0.05, 0.1) is 24.9 Å². The van der Waals surface area contributed by atoms with E-state index in [9.17, 15) is 0 Å². The molecule has 0 radical (unpaired) electrons. The molecule has 0 aromatic carbocycles. The fourth-order valence-electron chi connectivity index (χ4n) is 3.53. The third-order valence-electron chi connectivity index (χ3n) is 4.77. The summed E-state index contributed by atoms with van der Waals surface area (Å²) < 4.78 is 11.9. The average molecular weight is 255 g/mol. The molecule has 1 N–H and O–H groups in total. The van der Waals surface area contributed by atoms with E-state index < -0.39 is 0 Å². The van der Waals surface area contributed by atoms with Gasteiger partial charge in [-0.25, -0.2) is 0 Å². The Morgan fingerprint density at radius 1 is 1.28 bits per heavy atom. The summed E-state index contributed by atoms with van der Waals surface area (Å²) in [5, 5.41) is 3.63. The van der Waals surface area contributed by atoms with Gasteiger partial charge in [0, 0.05) is 13.2 Å². The van der Waals surface area contributed by atoms with E-state index in [1.165, 1.54) is 38.5 Å². The highest BCUT2D eigenvalue weighted by Crippen LogP contribution is 2.38. The Labute approximate surface area is 112 Å². The highest BCUT2D eigenvalue weighted by Gasteiger charge is 2.43. The maximum Gasteiger partial charge on any atom is 0.0858 e. The van der Waals surface area contributed by atoms with Gasteiger partial charge in [0.1, 0.15) is 0 Å². The zero-order chi connectivity index (χ0) is 12.8. The topological polar surface area (TPSA) is 30.5 Å². The van der Waals surface area contributed by atoms with Gasteiger partial charge >= 0.3 is 0 Å². The molecule has 3 nitrogen and oxygen atoms in total. The molecule has 0 amide bonds. The standard InChI is InChI=1S/C15H29NO2/c1-3-13-6-5-8-15(9-7-13)14(12-17-4-2)16-10-11-18-15/h13-14,16H,3-12H2,1-2H3. The van der Waals surface area contributed by atoms with Crippen LogP contribution < -0.4 is 5.32 Å².